The minimum atomic E-state index is -2.70. The normalized spacial score (nSPS) is 28.2. The first kappa shape index (κ1) is 23.2. The highest BCUT2D eigenvalue weighted by molar-refractivity contribution is 6.01. The standard InChI is InChI=1S/C29H30F2N6O2/c1-27-17-23-20(16-24(27)29(27,30)31)25(34-37(23)36-11-2-3-13-39-36)22-14-18-4-5-19(15-21(18)33-22)35-12-8-28(26(35)38)6-9-32-10-7-28/h2-5,11,13-15,24,32-33H,6-10,12,16-17H2,1H3/t24-,27+/m0/s1. The van der Waals surface area contributed by atoms with Gasteiger partial charge in [0.05, 0.1) is 23.0 Å². The van der Waals surface area contributed by atoms with Gasteiger partial charge in [-0.1, -0.05) is 13.0 Å². The van der Waals surface area contributed by atoms with Gasteiger partial charge >= 0.3 is 0 Å². The number of hydrogen-bond acceptors (Lipinski definition) is 5. The van der Waals surface area contributed by atoms with Crippen LogP contribution in [0.3, 0.4) is 0 Å². The van der Waals surface area contributed by atoms with Gasteiger partial charge in [-0.15, -0.1) is 15.1 Å². The van der Waals surface area contributed by atoms with Gasteiger partial charge in [0, 0.05) is 46.5 Å². The second-order valence-electron chi connectivity index (χ2n) is 11.9. The molecule has 8 nitrogen and oxygen atoms in total. The predicted molar refractivity (Wildman–Crippen MR) is 143 cm³/mol. The zero-order valence-electron chi connectivity index (χ0n) is 21.7. The molecule has 3 aliphatic heterocycles. The lowest BCUT2D eigenvalue weighted by molar-refractivity contribution is -0.126. The van der Waals surface area contributed by atoms with Crippen molar-refractivity contribution in [3.05, 3.63) is 60.1 Å². The molecule has 2 atom stereocenters. The number of aromatic amines is 1. The zero-order chi connectivity index (χ0) is 26.6. The number of rotatable bonds is 3. The fraction of sp³-hybridized carbons (Fsp3) is 0.448. The van der Waals surface area contributed by atoms with E-state index in [-0.39, 0.29) is 24.2 Å². The minimum absolute atomic E-state index is 0.222. The number of hydrogen-bond donors (Lipinski definition) is 2. The molecular weight excluding hydrogens is 502 g/mol. The summed E-state index contributed by atoms with van der Waals surface area (Å²) in [6.07, 6.45) is 9.97. The molecule has 2 aromatic heterocycles. The number of carbonyl (C=O) groups is 1. The van der Waals surface area contributed by atoms with Gasteiger partial charge in [0.15, 0.2) is 0 Å². The van der Waals surface area contributed by atoms with E-state index >= 15 is 0 Å². The number of amides is 1. The van der Waals surface area contributed by atoms with Crippen LogP contribution in [0.15, 0.2) is 48.9 Å². The maximum Gasteiger partial charge on any atom is 0.258 e. The fourth-order valence-electron chi connectivity index (χ4n) is 7.32. The van der Waals surface area contributed by atoms with E-state index in [2.05, 4.69) is 10.3 Å². The van der Waals surface area contributed by atoms with Crippen molar-refractivity contribution in [3.63, 3.8) is 0 Å². The summed E-state index contributed by atoms with van der Waals surface area (Å²) in [7, 11) is 0. The van der Waals surface area contributed by atoms with E-state index in [1.54, 1.807) is 24.0 Å². The predicted octanol–water partition coefficient (Wildman–Crippen LogP) is 4.42. The lowest BCUT2D eigenvalue weighted by Gasteiger charge is -2.32. The topological polar surface area (TPSA) is 78.4 Å². The largest absolute Gasteiger partial charge is 0.366 e. The van der Waals surface area contributed by atoms with Crippen LogP contribution in [-0.4, -0.2) is 46.3 Å². The Morgan fingerprint density at radius 3 is 2.77 bits per heavy atom. The molecule has 5 aliphatic rings. The number of piperidine rings is 1. The number of hydroxylamine groups is 1. The van der Waals surface area contributed by atoms with Crippen LogP contribution in [0, 0.1) is 16.7 Å². The number of fused-ring (bicyclic) bond motifs is 3. The van der Waals surface area contributed by atoms with Crippen LogP contribution in [0.5, 0.6) is 0 Å². The first-order chi connectivity index (χ1) is 18.8. The summed E-state index contributed by atoms with van der Waals surface area (Å²) in [5.74, 6) is -3.17. The Labute approximate surface area is 224 Å². The van der Waals surface area contributed by atoms with Crippen LogP contribution < -0.4 is 15.4 Å². The molecule has 10 heteroatoms. The molecule has 39 heavy (non-hydrogen) atoms. The summed E-state index contributed by atoms with van der Waals surface area (Å²) in [6, 6.07) is 8.05. The van der Waals surface area contributed by atoms with E-state index in [0.717, 1.165) is 72.4 Å². The SMILES string of the molecule is C[C@@]12Cc3c(c(-c4cc5ccc(N6CCC7(CCNCC7)C6=O)cc5[nH]4)nn3N3C=CC=CO3)C[C@@H]1C2(F)F. The van der Waals surface area contributed by atoms with Gasteiger partial charge < -0.3 is 20.0 Å². The number of benzene rings is 1. The minimum Gasteiger partial charge on any atom is -0.366 e. The molecule has 8 rings (SSSR count). The summed E-state index contributed by atoms with van der Waals surface area (Å²) >= 11 is 0. The molecule has 0 unspecified atom stereocenters. The van der Waals surface area contributed by atoms with E-state index in [1.807, 2.05) is 35.2 Å². The van der Waals surface area contributed by atoms with Crippen molar-refractivity contribution in [1.82, 2.24) is 20.2 Å². The zero-order valence-corrected chi connectivity index (χ0v) is 21.7. The number of aromatic nitrogens is 3. The number of allylic oxidation sites excluding steroid dienone is 2. The van der Waals surface area contributed by atoms with Crippen molar-refractivity contribution in [2.75, 3.05) is 29.7 Å². The molecule has 1 spiro atoms. The number of nitrogens with one attached hydrogen (secondary N) is 2. The molecule has 202 valence electrons. The van der Waals surface area contributed by atoms with Gasteiger partial charge in [-0.25, -0.2) is 8.78 Å². The van der Waals surface area contributed by atoms with Crippen molar-refractivity contribution in [3.8, 4) is 11.4 Å². The number of carbonyl (C=O) groups excluding carboxylic acids is 1. The average Bonchev–Trinajstić information content (AvgIpc) is 3.42. The first-order valence-corrected chi connectivity index (χ1v) is 13.7. The lowest BCUT2D eigenvalue weighted by atomic mass is 9.78. The highest BCUT2D eigenvalue weighted by atomic mass is 19.3. The second-order valence-corrected chi connectivity index (χ2v) is 11.9. The molecule has 1 amide bonds. The molecule has 0 bridgehead atoms. The molecule has 1 aromatic carbocycles. The molecule has 5 heterocycles. The van der Waals surface area contributed by atoms with Gasteiger partial charge in [0.1, 0.15) is 12.0 Å². The maximum absolute atomic E-state index is 14.8. The van der Waals surface area contributed by atoms with Gasteiger partial charge in [-0.05, 0) is 69.1 Å². The molecule has 1 saturated carbocycles. The van der Waals surface area contributed by atoms with Crippen molar-refractivity contribution in [1.29, 1.82) is 0 Å². The monoisotopic (exact) mass is 532 g/mol. The van der Waals surface area contributed by atoms with Gasteiger partial charge in [-0.2, -0.15) is 0 Å². The Kier molecular flexibility index (Phi) is 4.60. The van der Waals surface area contributed by atoms with Crippen molar-refractivity contribution < 1.29 is 18.4 Å². The van der Waals surface area contributed by atoms with Crippen LogP contribution in [0.4, 0.5) is 14.5 Å². The van der Waals surface area contributed by atoms with E-state index < -0.39 is 17.3 Å². The Morgan fingerprint density at radius 1 is 1.13 bits per heavy atom. The van der Waals surface area contributed by atoms with Crippen molar-refractivity contribution in [2.45, 2.75) is 45.0 Å². The average molecular weight is 533 g/mol. The number of halogens is 2. The highest BCUT2D eigenvalue weighted by Gasteiger charge is 2.78. The fourth-order valence-corrected chi connectivity index (χ4v) is 7.32. The van der Waals surface area contributed by atoms with E-state index in [9.17, 15) is 13.6 Å². The third kappa shape index (κ3) is 3.12. The van der Waals surface area contributed by atoms with Crippen LogP contribution >= 0.6 is 0 Å². The summed E-state index contributed by atoms with van der Waals surface area (Å²) in [5.41, 5.74) is 3.47. The smallest absolute Gasteiger partial charge is 0.258 e. The molecule has 3 fully saturated rings. The van der Waals surface area contributed by atoms with Gasteiger partial charge in [0.25, 0.3) is 5.92 Å². The highest BCUT2D eigenvalue weighted by Crippen LogP contribution is 2.70. The quantitative estimate of drug-likeness (QED) is 0.522. The lowest BCUT2D eigenvalue weighted by Crippen LogP contribution is -2.42. The van der Waals surface area contributed by atoms with Crippen LogP contribution in [0.2, 0.25) is 0 Å². The Balaban J connectivity index is 1.17. The molecule has 3 aromatic rings. The Hall–Kier alpha value is -3.66. The number of H-pyrrole nitrogens is 1. The van der Waals surface area contributed by atoms with Gasteiger partial charge in [-0.3, -0.25) is 4.79 Å². The summed E-state index contributed by atoms with van der Waals surface area (Å²) in [4.78, 5) is 26.1. The van der Waals surface area contributed by atoms with E-state index in [0.29, 0.717) is 5.69 Å². The molecular formula is C29H30F2N6O2. The van der Waals surface area contributed by atoms with Gasteiger partial charge in [0.2, 0.25) is 5.91 Å². The second kappa shape index (κ2) is 7.71. The van der Waals surface area contributed by atoms with Crippen molar-refractivity contribution in [2.24, 2.45) is 16.7 Å². The van der Waals surface area contributed by atoms with Crippen LogP contribution in [-0.2, 0) is 22.5 Å². The molecule has 2 saturated heterocycles. The van der Waals surface area contributed by atoms with Crippen LogP contribution in [0.25, 0.3) is 22.3 Å². The summed E-state index contributed by atoms with van der Waals surface area (Å²) in [5, 5.41) is 10.7. The van der Waals surface area contributed by atoms with Crippen molar-refractivity contribution >= 4 is 22.5 Å². The maximum atomic E-state index is 14.8. The van der Waals surface area contributed by atoms with Crippen LogP contribution in [0.1, 0.15) is 37.4 Å². The number of anilines is 1. The summed E-state index contributed by atoms with van der Waals surface area (Å²) in [6.45, 7) is 4.16. The molecule has 2 aliphatic carbocycles. The molecule has 0 radical (unpaired) electrons. The molecule has 2 N–H and O–H groups in total. The Bertz CT molecular complexity index is 1580. The summed E-state index contributed by atoms with van der Waals surface area (Å²) < 4.78 is 29.6. The number of alkyl halides is 2. The third-order valence-electron chi connectivity index (χ3n) is 9.90. The van der Waals surface area contributed by atoms with E-state index in [1.165, 1.54) is 11.4 Å². The Morgan fingerprint density at radius 2 is 1.97 bits per heavy atom. The first-order valence-electron chi connectivity index (χ1n) is 13.7. The van der Waals surface area contributed by atoms with E-state index in [4.69, 9.17) is 9.94 Å². The number of nitrogens with zero attached hydrogens (tertiary/aromatic N) is 4. The third-order valence-corrected chi connectivity index (χ3v) is 9.90.